The second-order valence-corrected chi connectivity index (χ2v) is 6.79. The summed E-state index contributed by atoms with van der Waals surface area (Å²) in [5.41, 5.74) is 0. The third kappa shape index (κ3) is 7.10. The molecule has 0 heterocycles. The van der Waals surface area contributed by atoms with Crippen LogP contribution < -0.4 is 0 Å². The van der Waals surface area contributed by atoms with Gasteiger partial charge in [0.2, 0.25) is 0 Å². The van der Waals surface area contributed by atoms with Gasteiger partial charge in [0.05, 0.1) is 0 Å². The van der Waals surface area contributed by atoms with Gasteiger partial charge in [-0.2, -0.15) is 0 Å². The summed E-state index contributed by atoms with van der Waals surface area (Å²) in [5, 5.41) is 0. The Kier molecular flexibility index (Phi) is 8.89. The number of halogens is 1. The molecule has 0 radical (unpaired) electrons. The molecule has 0 unspecified atom stereocenters. The summed E-state index contributed by atoms with van der Waals surface area (Å²) in [6.45, 7) is 2.25. The number of rotatable bonds is 5. The summed E-state index contributed by atoms with van der Waals surface area (Å²) < 4.78 is 1.57. The number of hydrogen-bond donors (Lipinski definition) is 0. The number of hydrogen-bond acceptors (Lipinski definition) is 0. The van der Waals surface area contributed by atoms with Crippen molar-refractivity contribution in [2.75, 3.05) is 0 Å². The Labute approximate surface area is 84.1 Å². The Morgan fingerprint density at radius 3 is 2.70 bits per heavy atom. The second kappa shape index (κ2) is 8.09. The van der Waals surface area contributed by atoms with E-state index in [4.69, 9.17) is 0 Å². The SMILES string of the molecule is CCCCC/C=C(/I)[Se]C. The molecular formula is C8H15ISe. The maximum absolute atomic E-state index is 2.45. The molecule has 0 spiro atoms. The van der Waals surface area contributed by atoms with Crippen LogP contribution in [0.1, 0.15) is 32.6 Å². The van der Waals surface area contributed by atoms with Gasteiger partial charge >= 0.3 is 84.5 Å². The van der Waals surface area contributed by atoms with Gasteiger partial charge in [-0.15, -0.1) is 0 Å². The van der Waals surface area contributed by atoms with Gasteiger partial charge in [-0.05, 0) is 0 Å². The molecular weight excluding hydrogens is 302 g/mol. The van der Waals surface area contributed by atoms with Crippen LogP contribution in [0.5, 0.6) is 0 Å². The van der Waals surface area contributed by atoms with E-state index in [9.17, 15) is 0 Å². The first kappa shape index (κ1) is 11.0. The van der Waals surface area contributed by atoms with Gasteiger partial charge in [0.15, 0.2) is 0 Å². The molecule has 0 N–H and O–H groups in total. The fourth-order valence-corrected chi connectivity index (χ4v) is 1.60. The molecule has 0 amide bonds. The zero-order valence-electron chi connectivity index (χ0n) is 6.69. The molecule has 0 nitrogen and oxygen atoms in total. The molecule has 0 aromatic rings. The average Bonchev–Trinajstić information content (AvgIpc) is 1.98. The zero-order valence-corrected chi connectivity index (χ0v) is 10.6. The molecule has 0 aliphatic carbocycles. The molecule has 0 bridgehead atoms. The zero-order chi connectivity index (χ0) is 7.82. The molecule has 0 aliphatic rings. The van der Waals surface area contributed by atoms with Crippen LogP contribution in [0.4, 0.5) is 0 Å². The molecule has 10 heavy (non-hydrogen) atoms. The van der Waals surface area contributed by atoms with E-state index in [1.807, 2.05) is 0 Å². The van der Waals surface area contributed by atoms with Crippen LogP contribution in [-0.2, 0) is 0 Å². The van der Waals surface area contributed by atoms with Gasteiger partial charge in [-0.25, -0.2) is 0 Å². The van der Waals surface area contributed by atoms with Crippen LogP contribution in [0.2, 0.25) is 5.82 Å². The fourth-order valence-electron chi connectivity index (χ4n) is 0.693. The van der Waals surface area contributed by atoms with Crippen LogP contribution in [0.25, 0.3) is 0 Å². The predicted octanol–water partition coefficient (Wildman–Crippen LogP) is 3.60. The first-order valence-corrected chi connectivity index (χ1v) is 7.35. The molecule has 0 saturated heterocycles. The predicted molar refractivity (Wildman–Crippen MR) is 57.9 cm³/mol. The summed E-state index contributed by atoms with van der Waals surface area (Å²) in [4.78, 5) is 0. The molecule has 60 valence electrons. The van der Waals surface area contributed by atoms with Crippen LogP contribution in [-0.4, -0.2) is 15.0 Å². The van der Waals surface area contributed by atoms with E-state index in [1.54, 1.807) is 2.48 Å². The van der Waals surface area contributed by atoms with Crippen LogP contribution in [0.3, 0.4) is 0 Å². The molecule has 0 aromatic carbocycles. The Hall–Kier alpha value is 0.989. The van der Waals surface area contributed by atoms with Crippen molar-refractivity contribution >= 4 is 37.5 Å². The molecule has 2 heteroatoms. The normalized spacial score (nSPS) is 12.1. The number of unbranched alkanes of at least 4 members (excludes halogenated alkanes) is 3. The summed E-state index contributed by atoms with van der Waals surface area (Å²) in [5.74, 6) is 2.27. The van der Waals surface area contributed by atoms with Crippen LogP contribution >= 0.6 is 22.6 Å². The molecule has 0 rings (SSSR count). The Balaban J connectivity index is 3.16. The van der Waals surface area contributed by atoms with Crippen molar-refractivity contribution in [3.63, 3.8) is 0 Å². The Morgan fingerprint density at radius 1 is 1.50 bits per heavy atom. The van der Waals surface area contributed by atoms with E-state index >= 15 is 0 Å². The Morgan fingerprint density at radius 2 is 2.20 bits per heavy atom. The van der Waals surface area contributed by atoms with Gasteiger partial charge in [-0.3, -0.25) is 0 Å². The summed E-state index contributed by atoms with van der Waals surface area (Å²) in [6, 6.07) is 0. The fraction of sp³-hybridized carbons (Fsp3) is 0.750. The van der Waals surface area contributed by atoms with Gasteiger partial charge in [-0.1, -0.05) is 0 Å². The van der Waals surface area contributed by atoms with Gasteiger partial charge in [0, 0.05) is 0 Å². The van der Waals surface area contributed by atoms with Crippen molar-refractivity contribution in [2.24, 2.45) is 0 Å². The summed E-state index contributed by atoms with van der Waals surface area (Å²) in [6.07, 6.45) is 7.77. The minimum atomic E-state index is 0.729. The second-order valence-electron chi connectivity index (χ2n) is 2.21. The monoisotopic (exact) mass is 318 g/mol. The van der Waals surface area contributed by atoms with Crippen molar-refractivity contribution in [1.29, 1.82) is 0 Å². The van der Waals surface area contributed by atoms with Crippen molar-refractivity contribution < 1.29 is 0 Å². The molecule has 0 fully saturated rings. The van der Waals surface area contributed by atoms with Gasteiger partial charge < -0.3 is 0 Å². The summed E-state index contributed by atoms with van der Waals surface area (Å²) in [7, 11) is 0. The third-order valence-corrected chi connectivity index (χ3v) is 5.20. The summed E-state index contributed by atoms with van der Waals surface area (Å²) >= 11 is 3.18. The standard InChI is InChI=1S/C8H15ISe/c1-3-4-5-6-7-8(9)10-2/h7H,3-6H2,1-2H3/b8-7-. The van der Waals surface area contributed by atoms with E-state index in [2.05, 4.69) is 41.4 Å². The van der Waals surface area contributed by atoms with Crippen LogP contribution in [0.15, 0.2) is 8.55 Å². The topological polar surface area (TPSA) is 0 Å². The molecule has 0 saturated carbocycles. The van der Waals surface area contributed by atoms with Gasteiger partial charge in [0.25, 0.3) is 0 Å². The van der Waals surface area contributed by atoms with Gasteiger partial charge in [0.1, 0.15) is 0 Å². The van der Waals surface area contributed by atoms with E-state index in [0.29, 0.717) is 0 Å². The first-order chi connectivity index (χ1) is 4.81. The first-order valence-electron chi connectivity index (χ1n) is 3.71. The number of allylic oxidation sites excluding steroid dienone is 1. The molecule has 0 aromatic heterocycles. The minimum absolute atomic E-state index is 0.729. The van der Waals surface area contributed by atoms with Crippen molar-refractivity contribution in [3.8, 4) is 0 Å². The average molecular weight is 317 g/mol. The third-order valence-electron chi connectivity index (χ3n) is 1.31. The molecule has 0 aliphatic heterocycles. The van der Waals surface area contributed by atoms with E-state index in [1.165, 1.54) is 25.7 Å². The molecule has 0 atom stereocenters. The Bertz CT molecular complexity index is 99.4. The van der Waals surface area contributed by atoms with E-state index < -0.39 is 0 Å². The van der Waals surface area contributed by atoms with Crippen molar-refractivity contribution in [3.05, 3.63) is 8.55 Å². The van der Waals surface area contributed by atoms with E-state index in [0.717, 1.165) is 15.0 Å². The van der Waals surface area contributed by atoms with Crippen molar-refractivity contribution in [2.45, 2.75) is 38.4 Å². The maximum atomic E-state index is 2.45. The quantitative estimate of drug-likeness (QED) is 0.413. The van der Waals surface area contributed by atoms with E-state index in [-0.39, 0.29) is 0 Å². The van der Waals surface area contributed by atoms with Crippen molar-refractivity contribution in [1.82, 2.24) is 0 Å². The van der Waals surface area contributed by atoms with Crippen LogP contribution in [0, 0.1) is 0 Å².